The van der Waals surface area contributed by atoms with Crippen LogP contribution in [0.1, 0.15) is 43.4 Å². The normalized spacial score (nSPS) is 10.6. The highest BCUT2D eigenvalue weighted by Gasteiger charge is 2.19. The van der Waals surface area contributed by atoms with Crippen LogP contribution in [-0.2, 0) is 22.5 Å². The number of methoxy groups -OCH3 is 1. The summed E-state index contributed by atoms with van der Waals surface area (Å²) in [6, 6.07) is 0.111. The summed E-state index contributed by atoms with van der Waals surface area (Å²) >= 11 is 0. The predicted molar refractivity (Wildman–Crippen MR) is 68.6 cm³/mol. The Morgan fingerprint density at radius 2 is 2.11 bits per heavy atom. The number of hydrogen-bond acceptors (Lipinski definition) is 5. The fraction of sp³-hybridized carbons (Fsp3) is 0.667. The van der Waals surface area contributed by atoms with Crippen molar-refractivity contribution in [1.82, 2.24) is 20.3 Å². The lowest BCUT2D eigenvalue weighted by Crippen LogP contribution is -2.31. The second kappa shape index (κ2) is 6.86. The van der Waals surface area contributed by atoms with Crippen molar-refractivity contribution in [3.63, 3.8) is 0 Å². The molecule has 0 atom stereocenters. The molecule has 1 amide bonds. The summed E-state index contributed by atoms with van der Waals surface area (Å²) in [5, 5.41) is 10.5. The molecular weight excluding hydrogens is 248 g/mol. The summed E-state index contributed by atoms with van der Waals surface area (Å²) in [7, 11) is 1.30. The Labute approximate surface area is 112 Å². The molecule has 1 N–H and O–H groups in total. The number of nitrogens with one attached hydrogen (secondary N) is 1. The Balaban J connectivity index is 2.71. The number of hydrogen-bond donors (Lipinski definition) is 1. The number of esters is 1. The van der Waals surface area contributed by atoms with Gasteiger partial charge in [0, 0.05) is 12.5 Å². The molecule has 1 heterocycles. The van der Waals surface area contributed by atoms with Crippen LogP contribution in [0.3, 0.4) is 0 Å². The second-order valence-corrected chi connectivity index (χ2v) is 4.43. The van der Waals surface area contributed by atoms with E-state index in [9.17, 15) is 9.59 Å². The van der Waals surface area contributed by atoms with Gasteiger partial charge in [-0.05, 0) is 20.3 Å². The molecular formula is C12H20N4O3. The molecule has 0 saturated carbocycles. The molecule has 106 valence electrons. The molecule has 19 heavy (non-hydrogen) atoms. The van der Waals surface area contributed by atoms with Gasteiger partial charge in [-0.3, -0.25) is 4.79 Å². The van der Waals surface area contributed by atoms with Gasteiger partial charge in [-0.15, -0.1) is 5.10 Å². The van der Waals surface area contributed by atoms with Crippen molar-refractivity contribution in [3.8, 4) is 0 Å². The Hall–Kier alpha value is -1.92. The molecule has 0 aliphatic rings. The summed E-state index contributed by atoms with van der Waals surface area (Å²) in [4.78, 5) is 23.0. The third-order valence-electron chi connectivity index (χ3n) is 2.55. The number of aromatic nitrogens is 3. The molecule has 7 heteroatoms. The molecule has 0 bridgehead atoms. The third kappa shape index (κ3) is 4.04. The topological polar surface area (TPSA) is 86.1 Å². The van der Waals surface area contributed by atoms with Gasteiger partial charge in [-0.25, -0.2) is 9.48 Å². The minimum absolute atomic E-state index is 0.0489. The minimum Gasteiger partial charge on any atom is -0.464 e. The highest BCUT2D eigenvalue weighted by atomic mass is 16.5. The van der Waals surface area contributed by atoms with Gasteiger partial charge < -0.3 is 10.1 Å². The molecule has 0 radical (unpaired) electrons. The SMILES string of the molecule is CCc1c(C(=O)OC)nnn1CCC(=O)NC(C)C. The van der Waals surface area contributed by atoms with Gasteiger partial charge in [0.15, 0.2) is 5.69 Å². The largest absolute Gasteiger partial charge is 0.464 e. The van der Waals surface area contributed by atoms with E-state index in [0.29, 0.717) is 25.1 Å². The van der Waals surface area contributed by atoms with Gasteiger partial charge in [0.1, 0.15) is 0 Å². The first-order valence-electron chi connectivity index (χ1n) is 6.29. The first-order valence-corrected chi connectivity index (χ1v) is 6.29. The monoisotopic (exact) mass is 268 g/mol. The van der Waals surface area contributed by atoms with Crippen LogP contribution in [0.4, 0.5) is 0 Å². The highest BCUT2D eigenvalue weighted by Crippen LogP contribution is 2.08. The number of nitrogens with zero attached hydrogens (tertiary/aromatic N) is 3. The van der Waals surface area contributed by atoms with Gasteiger partial charge in [-0.1, -0.05) is 12.1 Å². The summed E-state index contributed by atoms with van der Waals surface area (Å²) < 4.78 is 6.21. The van der Waals surface area contributed by atoms with E-state index in [2.05, 4.69) is 20.4 Å². The van der Waals surface area contributed by atoms with Crippen LogP contribution < -0.4 is 5.32 Å². The van der Waals surface area contributed by atoms with Crippen molar-refractivity contribution in [2.75, 3.05) is 7.11 Å². The average Bonchev–Trinajstić information content (AvgIpc) is 2.77. The maximum atomic E-state index is 11.6. The first kappa shape index (κ1) is 15.1. The third-order valence-corrected chi connectivity index (χ3v) is 2.55. The van der Waals surface area contributed by atoms with E-state index in [4.69, 9.17) is 0 Å². The molecule has 0 saturated heterocycles. The molecule has 7 nitrogen and oxygen atoms in total. The molecule has 0 aliphatic carbocycles. The van der Waals surface area contributed by atoms with Crippen LogP contribution in [0.5, 0.6) is 0 Å². The van der Waals surface area contributed by atoms with E-state index >= 15 is 0 Å². The number of carbonyl (C=O) groups is 2. The van der Waals surface area contributed by atoms with Gasteiger partial charge in [0.05, 0.1) is 19.3 Å². The quantitative estimate of drug-likeness (QED) is 0.761. The van der Waals surface area contributed by atoms with Crippen molar-refractivity contribution in [2.24, 2.45) is 0 Å². The summed E-state index contributed by atoms with van der Waals surface area (Å²) in [6.45, 7) is 6.10. The van der Waals surface area contributed by atoms with E-state index in [1.165, 1.54) is 7.11 Å². The lowest BCUT2D eigenvalue weighted by atomic mass is 10.2. The predicted octanol–water partition coefficient (Wildman–Crippen LogP) is 0.542. The first-order chi connectivity index (χ1) is 8.99. The standard InChI is InChI=1S/C12H20N4O3/c1-5-9-11(12(18)19-4)14-15-16(9)7-6-10(17)13-8(2)3/h8H,5-7H2,1-4H3,(H,13,17). The molecule has 0 unspecified atom stereocenters. The van der Waals surface area contributed by atoms with Crippen molar-refractivity contribution in [3.05, 3.63) is 11.4 Å². The van der Waals surface area contributed by atoms with Crippen molar-refractivity contribution in [2.45, 2.75) is 46.2 Å². The number of ether oxygens (including phenoxy) is 1. The van der Waals surface area contributed by atoms with Gasteiger partial charge in [0.2, 0.25) is 5.91 Å². The van der Waals surface area contributed by atoms with Crippen LogP contribution in [0.15, 0.2) is 0 Å². The number of aryl methyl sites for hydroxylation is 1. The molecule has 1 rings (SSSR count). The second-order valence-electron chi connectivity index (χ2n) is 4.43. The fourth-order valence-electron chi connectivity index (χ4n) is 1.72. The zero-order valence-corrected chi connectivity index (χ0v) is 11.8. The van der Waals surface area contributed by atoms with Crippen LogP contribution >= 0.6 is 0 Å². The van der Waals surface area contributed by atoms with E-state index in [1.54, 1.807) is 4.68 Å². The minimum atomic E-state index is -0.505. The van der Waals surface area contributed by atoms with E-state index in [-0.39, 0.29) is 17.6 Å². The molecule has 0 fully saturated rings. The maximum Gasteiger partial charge on any atom is 0.360 e. The maximum absolute atomic E-state index is 11.6. The Morgan fingerprint density at radius 3 is 2.63 bits per heavy atom. The van der Waals surface area contributed by atoms with Crippen LogP contribution in [0.2, 0.25) is 0 Å². The summed E-state index contributed by atoms with van der Waals surface area (Å²) in [6.07, 6.45) is 0.901. The molecule has 0 spiro atoms. The van der Waals surface area contributed by atoms with E-state index in [1.807, 2.05) is 20.8 Å². The molecule has 1 aromatic heterocycles. The lowest BCUT2D eigenvalue weighted by Gasteiger charge is -2.09. The molecule has 0 aliphatic heterocycles. The van der Waals surface area contributed by atoms with Gasteiger partial charge in [0.25, 0.3) is 0 Å². The van der Waals surface area contributed by atoms with E-state index < -0.39 is 5.97 Å². The Morgan fingerprint density at radius 1 is 1.42 bits per heavy atom. The highest BCUT2D eigenvalue weighted by molar-refractivity contribution is 5.88. The van der Waals surface area contributed by atoms with Gasteiger partial charge >= 0.3 is 5.97 Å². The zero-order chi connectivity index (χ0) is 14.4. The number of amides is 1. The van der Waals surface area contributed by atoms with Crippen molar-refractivity contribution >= 4 is 11.9 Å². The molecule has 0 aromatic carbocycles. The fourth-order valence-corrected chi connectivity index (χ4v) is 1.72. The van der Waals surface area contributed by atoms with Crippen LogP contribution in [0.25, 0.3) is 0 Å². The number of rotatable bonds is 6. The number of carbonyl (C=O) groups excluding carboxylic acids is 2. The Bertz CT molecular complexity index is 454. The van der Waals surface area contributed by atoms with Crippen molar-refractivity contribution in [1.29, 1.82) is 0 Å². The lowest BCUT2D eigenvalue weighted by molar-refractivity contribution is -0.121. The molecule has 1 aromatic rings. The smallest absolute Gasteiger partial charge is 0.360 e. The summed E-state index contributed by atoms with van der Waals surface area (Å²) in [5.41, 5.74) is 0.901. The zero-order valence-electron chi connectivity index (χ0n) is 11.8. The average molecular weight is 268 g/mol. The van der Waals surface area contributed by atoms with Gasteiger partial charge in [-0.2, -0.15) is 0 Å². The summed E-state index contributed by atoms with van der Waals surface area (Å²) in [5.74, 6) is -0.554. The van der Waals surface area contributed by atoms with Crippen molar-refractivity contribution < 1.29 is 14.3 Å². The van der Waals surface area contributed by atoms with E-state index in [0.717, 1.165) is 0 Å². The van der Waals surface area contributed by atoms with Crippen LogP contribution in [0, 0.1) is 0 Å². The van der Waals surface area contributed by atoms with Crippen LogP contribution in [-0.4, -0.2) is 40.0 Å². The Kier molecular flexibility index (Phi) is 5.47.